The molecule has 4 rings (SSSR count). The van der Waals surface area contributed by atoms with Gasteiger partial charge in [0.25, 0.3) is 5.91 Å². The van der Waals surface area contributed by atoms with Crippen molar-refractivity contribution in [1.29, 1.82) is 5.26 Å². The number of nitrogens with one attached hydrogen (secondary N) is 1. The molecule has 0 unspecified atom stereocenters. The zero-order valence-corrected chi connectivity index (χ0v) is 20.1. The third kappa shape index (κ3) is 5.44. The van der Waals surface area contributed by atoms with Crippen LogP contribution < -0.4 is 10.1 Å². The molecule has 0 atom stereocenters. The van der Waals surface area contributed by atoms with Crippen LogP contribution >= 0.6 is 11.8 Å². The summed E-state index contributed by atoms with van der Waals surface area (Å²) in [5.41, 5.74) is 2.20. The summed E-state index contributed by atoms with van der Waals surface area (Å²) in [5, 5.41) is 12.6. The first-order valence-electron chi connectivity index (χ1n) is 11.5. The van der Waals surface area contributed by atoms with E-state index in [0.717, 1.165) is 28.4 Å². The quantitative estimate of drug-likeness (QED) is 0.463. The molecule has 0 aliphatic carbocycles. The molecule has 1 aliphatic heterocycles. The Balaban J connectivity index is 1.53. The number of nitriles is 1. The highest BCUT2D eigenvalue weighted by atomic mass is 32.2. The molecule has 3 aromatic carbocycles. The van der Waals surface area contributed by atoms with Gasteiger partial charge in [0.15, 0.2) is 0 Å². The first-order valence-corrected chi connectivity index (χ1v) is 12.3. The summed E-state index contributed by atoms with van der Waals surface area (Å²) >= 11 is 1.44. The second kappa shape index (κ2) is 11.2. The molecule has 1 amide bonds. The van der Waals surface area contributed by atoms with Crippen LogP contribution in [0.5, 0.6) is 5.75 Å². The molecule has 0 saturated carbocycles. The Bertz CT molecular complexity index is 1160. The maximum absolute atomic E-state index is 13.3. The Morgan fingerprint density at radius 3 is 2.41 bits per heavy atom. The lowest BCUT2D eigenvalue weighted by Crippen LogP contribution is -2.44. The van der Waals surface area contributed by atoms with Crippen LogP contribution in [0.1, 0.15) is 41.3 Å². The molecule has 0 aromatic heterocycles. The smallest absolute Gasteiger partial charge is 0.252 e. The molecule has 3 aromatic rings. The van der Waals surface area contributed by atoms with Crippen LogP contribution in [0.3, 0.4) is 0 Å². The van der Waals surface area contributed by atoms with Crippen molar-refractivity contribution in [2.45, 2.75) is 35.0 Å². The van der Waals surface area contributed by atoms with Crippen molar-refractivity contribution >= 4 is 17.7 Å². The van der Waals surface area contributed by atoms with Crippen LogP contribution in [0.15, 0.2) is 82.6 Å². The zero-order valence-electron chi connectivity index (χ0n) is 19.3. The van der Waals surface area contributed by atoms with Crippen LogP contribution in [-0.2, 0) is 10.2 Å². The molecule has 5 nitrogen and oxygen atoms in total. The lowest BCUT2D eigenvalue weighted by Gasteiger charge is -2.38. The van der Waals surface area contributed by atoms with Crippen molar-refractivity contribution in [3.05, 3.63) is 89.5 Å². The summed E-state index contributed by atoms with van der Waals surface area (Å²) in [6, 6.07) is 25.4. The average molecular weight is 473 g/mol. The molecule has 1 heterocycles. The Kier molecular flexibility index (Phi) is 7.89. The molecule has 1 fully saturated rings. The first kappa shape index (κ1) is 23.9. The van der Waals surface area contributed by atoms with Gasteiger partial charge >= 0.3 is 0 Å². The van der Waals surface area contributed by atoms with Crippen LogP contribution in [0.4, 0.5) is 0 Å². The Morgan fingerprint density at radius 2 is 1.71 bits per heavy atom. The molecule has 6 heteroatoms. The summed E-state index contributed by atoms with van der Waals surface area (Å²) in [5.74, 6) is 0.732. The molecule has 1 saturated heterocycles. The largest absolute Gasteiger partial charge is 0.494 e. The van der Waals surface area contributed by atoms with Gasteiger partial charge in [-0.1, -0.05) is 48.2 Å². The van der Waals surface area contributed by atoms with E-state index < -0.39 is 0 Å². The standard InChI is InChI=1S/C28H28N2O3S/c1-2-33-23-13-11-22(12-14-23)28(15-17-32-18-16-28)20-30-27(31)24-8-4-6-10-26(24)34-25-9-5-3-7-21(25)19-29/h3-14H,2,15-18,20H2,1H3,(H,30,31). The predicted molar refractivity (Wildman–Crippen MR) is 133 cm³/mol. The Labute approximate surface area is 205 Å². The fourth-order valence-electron chi connectivity index (χ4n) is 4.26. The molecule has 0 bridgehead atoms. The van der Waals surface area contributed by atoms with E-state index in [1.54, 1.807) is 6.07 Å². The molecule has 1 aliphatic rings. The van der Waals surface area contributed by atoms with Crippen molar-refractivity contribution < 1.29 is 14.3 Å². The number of ether oxygens (including phenoxy) is 2. The maximum Gasteiger partial charge on any atom is 0.252 e. The molecule has 0 spiro atoms. The maximum atomic E-state index is 13.3. The van der Waals surface area contributed by atoms with Gasteiger partial charge in [-0.3, -0.25) is 4.79 Å². The molecule has 34 heavy (non-hydrogen) atoms. The van der Waals surface area contributed by atoms with Crippen molar-refractivity contribution in [2.24, 2.45) is 0 Å². The van der Waals surface area contributed by atoms with Crippen molar-refractivity contribution in [2.75, 3.05) is 26.4 Å². The van der Waals surface area contributed by atoms with Gasteiger partial charge in [0.05, 0.1) is 17.7 Å². The van der Waals surface area contributed by atoms with E-state index in [9.17, 15) is 10.1 Å². The number of rotatable bonds is 8. The lowest BCUT2D eigenvalue weighted by atomic mass is 9.74. The van der Waals surface area contributed by atoms with Crippen molar-refractivity contribution in [1.82, 2.24) is 5.32 Å². The molecular weight excluding hydrogens is 444 g/mol. The molecule has 0 radical (unpaired) electrons. The van der Waals surface area contributed by atoms with Crippen LogP contribution in [0, 0.1) is 11.3 Å². The molecular formula is C28H28N2O3S. The zero-order chi connectivity index (χ0) is 23.8. The van der Waals surface area contributed by atoms with E-state index >= 15 is 0 Å². The third-order valence-corrected chi connectivity index (χ3v) is 7.33. The van der Waals surface area contributed by atoms with Gasteiger partial charge in [-0.15, -0.1) is 0 Å². The van der Waals surface area contributed by atoms with Crippen molar-refractivity contribution in [3.8, 4) is 11.8 Å². The van der Waals surface area contributed by atoms with Gasteiger partial charge < -0.3 is 14.8 Å². The number of nitrogens with zero attached hydrogens (tertiary/aromatic N) is 1. The fraction of sp³-hybridized carbons (Fsp3) is 0.286. The normalized spacial score (nSPS) is 14.7. The second-order valence-corrected chi connectivity index (χ2v) is 9.32. The van der Waals surface area contributed by atoms with E-state index in [4.69, 9.17) is 9.47 Å². The van der Waals surface area contributed by atoms with E-state index in [0.29, 0.717) is 37.5 Å². The Hall–Kier alpha value is -3.27. The van der Waals surface area contributed by atoms with Gasteiger partial charge in [-0.2, -0.15) is 5.26 Å². The van der Waals surface area contributed by atoms with Crippen LogP contribution in [0.2, 0.25) is 0 Å². The first-order chi connectivity index (χ1) is 16.6. The topological polar surface area (TPSA) is 71.3 Å². The minimum Gasteiger partial charge on any atom is -0.494 e. The van der Waals surface area contributed by atoms with E-state index in [2.05, 4.69) is 23.5 Å². The molecule has 174 valence electrons. The number of benzene rings is 3. The van der Waals surface area contributed by atoms with E-state index in [-0.39, 0.29) is 11.3 Å². The summed E-state index contributed by atoms with van der Waals surface area (Å²) in [4.78, 5) is 15.0. The highest BCUT2D eigenvalue weighted by molar-refractivity contribution is 7.99. The summed E-state index contributed by atoms with van der Waals surface area (Å²) in [6.07, 6.45) is 1.68. The van der Waals surface area contributed by atoms with Gasteiger partial charge in [0.2, 0.25) is 0 Å². The summed E-state index contributed by atoms with van der Waals surface area (Å²) in [7, 11) is 0. The Morgan fingerprint density at radius 1 is 1.03 bits per heavy atom. The highest BCUT2D eigenvalue weighted by Gasteiger charge is 2.35. The predicted octanol–water partition coefficient (Wildman–Crippen LogP) is 5.59. The number of hydrogen-bond donors (Lipinski definition) is 1. The number of hydrogen-bond acceptors (Lipinski definition) is 5. The summed E-state index contributed by atoms with van der Waals surface area (Å²) < 4.78 is 11.2. The van der Waals surface area contributed by atoms with E-state index in [1.165, 1.54) is 17.3 Å². The van der Waals surface area contributed by atoms with Gasteiger partial charge in [0, 0.05) is 35.0 Å². The van der Waals surface area contributed by atoms with Gasteiger partial charge in [0.1, 0.15) is 11.8 Å². The van der Waals surface area contributed by atoms with Crippen molar-refractivity contribution in [3.63, 3.8) is 0 Å². The number of amides is 1. The van der Waals surface area contributed by atoms with Crippen LogP contribution in [0.25, 0.3) is 0 Å². The lowest BCUT2D eigenvalue weighted by molar-refractivity contribution is 0.0486. The van der Waals surface area contributed by atoms with E-state index in [1.807, 2.05) is 61.5 Å². The SMILES string of the molecule is CCOc1ccc(C2(CNC(=O)c3ccccc3Sc3ccccc3C#N)CCOCC2)cc1. The minimum atomic E-state index is -0.186. The van der Waals surface area contributed by atoms with Crippen LogP contribution in [-0.4, -0.2) is 32.3 Å². The second-order valence-electron chi connectivity index (χ2n) is 8.24. The average Bonchev–Trinajstić information content (AvgIpc) is 2.89. The fourth-order valence-corrected chi connectivity index (χ4v) is 5.28. The minimum absolute atomic E-state index is 0.116. The summed E-state index contributed by atoms with van der Waals surface area (Å²) in [6.45, 7) is 4.46. The van der Waals surface area contributed by atoms with Gasteiger partial charge in [-0.05, 0) is 61.7 Å². The monoisotopic (exact) mass is 472 g/mol. The molecule has 1 N–H and O–H groups in total. The third-order valence-electron chi connectivity index (χ3n) is 6.17. The number of carbonyl (C=O) groups is 1. The number of carbonyl (C=O) groups excluding carboxylic acids is 1. The highest BCUT2D eigenvalue weighted by Crippen LogP contribution is 2.36. The van der Waals surface area contributed by atoms with Gasteiger partial charge in [-0.25, -0.2) is 0 Å².